The molecule has 2 N–H and O–H groups in total. The van der Waals surface area contributed by atoms with Gasteiger partial charge >= 0.3 is 0 Å². The maximum Gasteiger partial charge on any atom is 0.232 e. The molecule has 208 valence electrons. The summed E-state index contributed by atoms with van der Waals surface area (Å²) in [5.74, 6) is 2.71. The number of hydrogen-bond acceptors (Lipinski definition) is 12. The molecule has 1 saturated heterocycles. The Morgan fingerprint density at radius 2 is 1.93 bits per heavy atom. The van der Waals surface area contributed by atoms with Crippen LogP contribution in [0.25, 0.3) is 11.4 Å². The predicted molar refractivity (Wildman–Crippen MR) is 149 cm³/mol. The number of likely N-dealkylation sites (tertiary alicyclic amines) is 1. The van der Waals surface area contributed by atoms with E-state index in [1.165, 1.54) is 6.20 Å². The van der Waals surface area contributed by atoms with Crippen molar-refractivity contribution in [3.8, 4) is 23.0 Å². The lowest BCUT2D eigenvalue weighted by atomic mass is 10.1. The van der Waals surface area contributed by atoms with Crippen LogP contribution in [0.1, 0.15) is 37.0 Å². The summed E-state index contributed by atoms with van der Waals surface area (Å²) >= 11 is 0. The van der Waals surface area contributed by atoms with Gasteiger partial charge in [0.05, 0.1) is 36.3 Å². The Morgan fingerprint density at radius 1 is 1.07 bits per heavy atom. The minimum Gasteiger partial charge on any atom is -0.492 e. The number of aromatic nitrogens is 7. The Bertz CT molecular complexity index is 1470. The summed E-state index contributed by atoms with van der Waals surface area (Å²) < 4.78 is 13.3. The molecule has 0 bridgehead atoms. The van der Waals surface area contributed by atoms with Crippen molar-refractivity contribution in [3.63, 3.8) is 0 Å². The number of nitrogens with zero attached hydrogens (tertiary/aromatic N) is 8. The number of aryl methyl sites for hydroxylation is 1. The number of carbonyl (C=O) groups excluding carboxylic acids is 1. The van der Waals surface area contributed by atoms with Gasteiger partial charge in [0.2, 0.25) is 5.88 Å². The smallest absolute Gasteiger partial charge is 0.232 e. The molecule has 1 atom stereocenters. The Hall–Kier alpha value is -4.65. The molecule has 0 saturated carbocycles. The van der Waals surface area contributed by atoms with Crippen molar-refractivity contribution in [2.24, 2.45) is 7.05 Å². The van der Waals surface area contributed by atoms with E-state index in [0.29, 0.717) is 58.1 Å². The fraction of sp³-hybridized carbons (Fsp3) is 0.370. The van der Waals surface area contributed by atoms with Crippen LogP contribution < -0.4 is 20.1 Å². The number of ether oxygens (including phenoxy) is 2. The van der Waals surface area contributed by atoms with E-state index < -0.39 is 0 Å². The molecular weight excluding hydrogens is 512 g/mol. The van der Waals surface area contributed by atoms with E-state index in [1.807, 2.05) is 0 Å². The van der Waals surface area contributed by atoms with Crippen LogP contribution in [0.2, 0.25) is 0 Å². The third kappa shape index (κ3) is 5.99. The van der Waals surface area contributed by atoms with E-state index >= 15 is 0 Å². The fourth-order valence-corrected chi connectivity index (χ4v) is 4.47. The van der Waals surface area contributed by atoms with Crippen LogP contribution >= 0.6 is 0 Å². The van der Waals surface area contributed by atoms with Crippen molar-refractivity contribution >= 4 is 28.9 Å². The second kappa shape index (κ2) is 12.0. The first-order valence-electron chi connectivity index (χ1n) is 13.1. The lowest BCUT2D eigenvalue weighted by Gasteiger charge is -2.16. The molecule has 5 heterocycles. The second-order valence-corrected chi connectivity index (χ2v) is 9.29. The molecule has 1 fully saturated rings. The van der Waals surface area contributed by atoms with Gasteiger partial charge in [-0.25, -0.2) is 24.9 Å². The first-order chi connectivity index (χ1) is 19.5. The van der Waals surface area contributed by atoms with E-state index in [1.54, 1.807) is 62.8 Å². The first kappa shape index (κ1) is 26.9. The van der Waals surface area contributed by atoms with Crippen molar-refractivity contribution in [1.29, 1.82) is 0 Å². The standard InChI is InChI=1S/C27H32N10O3/c1-5-21(38)19-12-29-22(34-23-13-31-24(14-30-23)40-17-8-10-37(6-2)15-17)11-20(19)33-27-25(39-4)18(7-9-28-27)26-32-16-36(3)35-26/h7,9,11-14,16-17H,5-6,8,10,15H2,1-4H3,(H2,28,29,30,33,34)/t17-/m1/s1. The van der Waals surface area contributed by atoms with Gasteiger partial charge in [-0.05, 0) is 19.0 Å². The molecular formula is C27H32N10O3. The normalized spacial score (nSPS) is 15.2. The quantitative estimate of drug-likeness (QED) is 0.266. The van der Waals surface area contributed by atoms with Gasteiger partial charge < -0.3 is 20.1 Å². The van der Waals surface area contributed by atoms with Crippen LogP contribution in [0.3, 0.4) is 0 Å². The molecule has 4 aromatic rings. The third-order valence-corrected chi connectivity index (χ3v) is 6.58. The maximum atomic E-state index is 12.7. The average Bonchev–Trinajstić information content (AvgIpc) is 3.62. The maximum absolute atomic E-state index is 12.7. The highest BCUT2D eigenvalue weighted by Crippen LogP contribution is 2.36. The van der Waals surface area contributed by atoms with Crippen molar-refractivity contribution in [3.05, 3.63) is 48.8 Å². The summed E-state index contributed by atoms with van der Waals surface area (Å²) in [5.41, 5.74) is 1.59. The van der Waals surface area contributed by atoms with Crippen molar-refractivity contribution < 1.29 is 14.3 Å². The molecule has 4 aromatic heterocycles. The highest BCUT2D eigenvalue weighted by molar-refractivity contribution is 6.02. The summed E-state index contributed by atoms with van der Waals surface area (Å²) in [5, 5.41) is 10.8. The van der Waals surface area contributed by atoms with Crippen LogP contribution in [0, 0.1) is 0 Å². The van der Waals surface area contributed by atoms with E-state index in [9.17, 15) is 4.79 Å². The van der Waals surface area contributed by atoms with Gasteiger partial charge in [0.1, 0.15) is 24.1 Å². The SMILES string of the molecule is CCC(=O)c1cnc(Nc2cnc(O[C@@H]3CCN(CC)C3)cn2)cc1Nc1nccc(-c2ncn(C)n2)c1OC. The second-order valence-electron chi connectivity index (χ2n) is 9.29. The highest BCUT2D eigenvalue weighted by Gasteiger charge is 2.23. The minimum atomic E-state index is -0.0714. The summed E-state index contributed by atoms with van der Waals surface area (Å²) in [6, 6.07) is 3.50. The number of likely N-dealkylation sites (N-methyl/N-ethyl adjacent to an activating group) is 1. The average molecular weight is 545 g/mol. The summed E-state index contributed by atoms with van der Waals surface area (Å²) in [6.45, 7) is 6.87. The molecule has 0 aromatic carbocycles. The molecule has 5 rings (SSSR count). The zero-order chi connectivity index (χ0) is 28.1. The van der Waals surface area contributed by atoms with E-state index in [0.717, 1.165) is 26.1 Å². The lowest BCUT2D eigenvalue weighted by Crippen LogP contribution is -2.24. The predicted octanol–water partition coefficient (Wildman–Crippen LogP) is 3.62. The number of methoxy groups -OCH3 is 1. The van der Waals surface area contributed by atoms with Gasteiger partial charge in [-0.3, -0.25) is 14.4 Å². The molecule has 40 heavy (non-hydrogen) atoms. The number of pyridine rings is 2. The number of nitrogens with one attached hydrogen (secondary N) is 2. The van der Waals surface area contributed by atoms with Gasteiger partial charge in [-0.15, -0.1) is 0 Å². The minimum absolute atomic E-state index is 0.0714. The number of rotatable bonds is 11. The number of anilines is 4. The van der Waals surface area contributed by atoms with Crippen LogP contribution in [0.5, 0.6) is 11.6 Å². The first-order valence-corrected chi connectivity index (χ1v) is 13.1. The molecule has 0 unspecified atom stereocenters. The zero-order valence-electron chi connectivity index (χ0n) is 23.0. The summed E-state index contributed by atoms with van der Waals surface area (Å²) in [7, 11) is 3.34. The monoisotopic (exact) mass is 544 g/mol. The molecule has 0 amide bonds. The van der Waals surface area contributed by atoms with Gasteiger partial charge in [-0.1, -0.05) is 13.8 Å². The van der Waals surface area contributed by atoms with Crippen molar-refractivity contribution in [1.82, 2.24) is 39.6 Å². The van der Waals surface area contributed by atoms with Gasteiger partial charge in [-0.2, -0.15) is 5.10 Å². The van der Waals surface area contributed by atoms with E-state index in [4.69, 9.17) is 9.47 Å². The van der Waals surface area contributed by atoms with E-state index in [-0.39, 0.29) is 11.9 Å². The highest BCUT2D eigenvalue weighted by atomic mass is 16.5. The van der Waals surface area contributed by atoms with Gasteiger partial charge in [0.25, 0.3) is 0 Å². The largest absolute Gasteiger partial charge is 0.492 e. The number of carbonyl (C=O) groups is 1. The van der Waals surface area contributed by atoms with Crippen LogP contribution in [0.4, 0.5) is 23.1 Å². The Kier molecular flexibility index (Phi) is 8.10. The summed E-state index contributed by atoms with van der Waals surface area (Å²) in [6.07, 6.45) is 9.35. The molecule has 13 nitrogen and oxygen atoms in total. The number of ketones is 1. The molecule has 0 spiro atoms. The summed E-state index contributed by atoms with van der Waals surface area (Å²) in [4.78, 5) is 37.1. The molecule has 13 heteroatoms. The van der Waals surface area contributed by atoms with Crippen LogP contribution in [-0.4, -0.2) is 78.2 Å². The third-order valence-electron chi connectivity index (χ3n) is 6.58. The molecule has 1 aliphatic heterocycles. The van der Waals surface area contributed by atoms with Gasteiger partial charge in [0.15, 0.2) is 23.2 Å². The zero-order valence-corrected chi connectivity index (χ0v) is 23.0. The van der Waals surface area contributed by atoms with Crippen LogP contribution in [0.15, 0.2) is 43.2 Å². The van der Waals surface area contributed by atoms with Crippen molar-refractivity contribution in [2.75, 3.05) is 37.4 Å². The lowest BCUT2D eigenvalue weighted by molar-refractivity contribution is 0.0988. The molecule has 1 aliphatic rings. The fourth-order valence-electron chi connectivity index (χ4n) is 4.47. The number of Topliss-reactive ketones (excluding diaryl/α,β-unsaturated/α-hetero) is 1. The molecule has 0 aliphatic carbocycles. The van der Waals surface area contributed by atoms with Gasteiger partial charge in [0, 0.05) is 45.0 Å². The van der Waals surface area contributed by atoms with Crippen molar-refractivity contribution in [2.45, 2.75) is 32.8 Å². The molecule has 0 radical (unpaired) electrons. The van der Waals surface area contributed by atoms with E-state index in [2.05, 4.69) is 52.5 Å². The Labute approximate surface area is 232 Å². The Morgan fingerprint density at radius 3 is 2.60 bits per heavy atom. The van der Waals surface area contributed by atoms with Crippen LogP contribution in [-0.2, 0) is 7.05 Å². The number of hydrogen-bond donors (Lipinski definition) is 2. The topological polar surface area (TPSA) is 145 Å². The Balaban J connectivity index is 1.37.